The number of rotatable bonds is 5. The van der Waals surface area contributed by atoms with Gasteiger partial charge in [-0.05, 0) is 17.9 Å². The lowest BCUT2D eigenvalue weighted by Crippen LogP contribution is -2.03. The molecule has 0 saturated heterocycles. The summed E-state index contributed by atoms with van der Waals surface area (Å²) in [7, 11) is 0. The van der Waals surface area contributed by atoms with Gasteiger partial charge in [-0.2, -0.15) is 10.2 Å². The van der Waals surface area contributed by atoms with Crippen LogP contribution in [0.2, 0.25) is 0 Å². The molecule has 1 heterocycles. The summed E-state index contributed by atoms with van der Waals surface area (Å²) in [5.41, 5.74) is 1.45. The van der Waals surface area contributed by atoms with Crippen LogP contribution in [0, 0.1) is 11.3 Å². The Hall–Kier alpha value is -2.00. The molecule has 92 valence electrons. The van der Waals surface area contributed by atoms with Crippen molar-refractivity contribution in [2.45, 2.75) is 18.4 Å². The van der Waals surface area contributed by atoms with Crippen molar-refractivity contribution in [1.29, 1.82) is 5.26 Å². The van der Waals surface area contributed by atoms with Gasteiger partial charge in [0, 0.05) is 4.90 Å². The fraction of sp³-hybridized carbons (Fsp3) is 0.250. The van der Waals surface area contributed by atoms with E-state index in [2.05, 4.69) is 33.0 Å². The van der Waals surface area contributed by atoms with Gasteiger partial charge in [0.15, 0.2) is 5.82 Å². The lowest BCUT2D eigenvalue weighted by molar-refractivity contribution is 0.411. The van der Waals surface area contributed by atoms with Gasteiger partial charge in [0.2, 0.25) is 6.39 Å². The molecule has 0 aliphatic rings. The zero-order valence-electron chi connectivity index (χ0n) is 9.88. The first-order chi connectivity index (χ1) is 8.85. The highest BCUT2D eigenvalue weighted by Crippen LogP contribution is 2.27. The van der Waals surface area contributed by atoms with Crippen molar-refractivity contribution in [2.75, 3.05) is 11.1 Å². The minimum atomic E-state index is 0.436. The number of benzene rings is 1. The highest BCUT2D eigenvalue weighted by atomic mass is 32.2. The predicted molar refractivity (Wildman–Crippen MR) is 69.2 cm³/mol. The maximum Gasteiger partial charge on any atom is 0.213 e. The largest absolute Gasteiger partial charge is 0.377 e. The fourth-order valence-electron chi connectivity index (χ4n) is 1.51. The van der Waals surface area contributed by atoms with Crippen molar-refractivity contribution in [3.63, 3.8) is 0 Å². The quantitative estimate of drug-likeness (QED) is 0.833. The van der Waals surface area contributed by atoms with E-state index in [1.165, 1.54) is 6.39 Å². The Balaban J connectivity index is 2.17. The molecule has 0 spiro atoms. The number of hydrogen-bond donors (Lipinski definition) is 1. The molecule has 0 saturated carbocycles. The summed E-state index contributed by atoms with van der Waals surface area (Å²) in [5.74, 6) is 1.50. The van der Waals surface area contributed by atoms with Gasteiger partial charge in [0.1, 0.15) is 6.07 Å². The van der Waals surface area contributed by atoms with E-state index < -0.39 is 0 Å². The normalized spacial score (nSPS) is 10.0. The molecule has 5 nitrogen and oxygen atoms in total. The lowest BCUT2D eigenvalue weighted by Gasteiger charge is -2.09. The first kappa shape index (κ1) is 12.5. The average Bonchev–Trinajstić information content (AvgIpc) is 2.90. The molecule has 0 aliphatic carbocycles. The minimum absolute atomic E-state index is 0.436. The number of nitrogens with zero attached hydrogens (tertiary/aromatic N) is 3. The van der Waals surface area contributed by atoms with Crippen LogP contribution in [-0.4, -0.2) is 15.9 Å². The smallest absolute Gasteiger partial charge is 0.213 e. The second-order valence-corrected chi connectivity index (χ2v) is 4.73. The summed E-state index contributed by atoms with van der Waals surface area (Å²) in [6.45, 7) is 2.50. The molecule has 1 aromatic carbocycles. The van der Waals surface area contributed by atoms with Crippen LogP contribution in [0.5, 0.6) is 0 Å². The highest BCUT2D eigenvalue weighted by molar-refractivity contribution is 7.99. The van der Waals surface area contributed by atoms with Crippen LogP contribution < -0.4 is 5.32 Å². The maximum atomic E-state index is 9.23. The Morgan fingerprint density at radius 2 is 2.39 bits per heavy atom. The molecule has 18 heavy (non-hydrogen) atoms. The topological polar surface area (TPSA) is 74.7 Å². The van der Waals surface area contributed by atoms with Crippen LogP contribution in [-0.2, 0) is 6.54 Å². The number of anilines is 1. The van der Waals surface area contributed by atoms with Gasteiger partial charge in [0.05, 0.1) is 17.8 Å². The van der Waals surface area contributed by atoms with Gasteiger partial charge in [0.25, 0.3) is 0 Å². The molecule has 0 unspecified atom stereocenters. The molecule has 1 N–H and O–H groups in total. The third-order valence-electron chi connectivity index (χ3n) is 2.28. The van der Waals surface area contributed by atoms with E-state index in [-0.39, 0.29) is 0 Å². The Morgan fingerprint density at radius 1 is 1.50 bits per heavy atom. The van der Waals surface area contributed by atoms with E-state index in [0.29, 0.717) is 17.9 Å². The summed E-state index contributed by atoms with van der Waals surface area (Å²) in [6, 6.07) is 7.98. The molecule has 0 aliphatic heterocycles. The van der Waals surface area contributed by atoms with Gasteiger partial charge in [-0.25, -0.2) is 0 Å². The van der Waals surface area contributed by atoms with E-state index in [1.807, 2.05) is 18.2 Å². The summed E-state index contributed by atoms with van der Waals surface area (Å²) in [5, 5.41) is 16.1. The summed E-state index contributed by atoms with van der Waals surface area (Å²) in [4.78, 5) is 4.90. The van der Waals surface area contributed by atoms with Crippen LogP contribution in [0.3, 0.4) is 0 Å². The molecule has 0 atom stereocenters. The van der Waals surface area contributed by atoms with Crippen molar-refractivity contribution < 1.29 is 4.52 Å². The summed E-state index contributed by atoms with van der Waals surface area (Å²) >= 11 is 1.65. The second kappa shape index (κ2) is 6.07. The van der Waals surface area contributed by atoms with Crippen LogP contribution >= 0.6 is 11.8 Å². The number of nitrogens with one attached hydrogen (secondary N) is 1. The maximum absolute atomic E-state index is 9.23. The first-order valence-electron chi connectivity index (χ1n) is 5.50. The molecule has 6 heteroatoms. The van der Waals surface area contributed by atoms with Crippen molar-refractivity contribution in [3.05, 3.63) is 36.0 Å². The van der Waals surface area contributed by atoms with Crippen molar-refractivity contribution in [1.82, 2.24) is 10.1 Å². The third kappa shape index (κ3) is 2.81. The number of hydrogen-bond acceptors (Lipinski definition) is 6. The monoisotopic (exact) mass is 260 g/mol. The number of aromatic nitrogens is 2. The van der Waals surface area contributed by atoms with Gasteiger partial charge >= 0.3 is 0 Å². The van der Waals surface area contributed by atoms with Gasteiger partial charge < -0.3 is 9.84 Å². The molecule has 2 rings (SSSR count). The molecular weight excluding hydrogens is 248 g/mol. The number of thioether (sulfide) groups is 1. The third-order valence-corrected chi connectivity index (χ3v) is 3.22. The standard InChI is InChI=1S/C12H12N4OS/c1-2-18-11-5-3-4-10(9(11)6-13)14-7-12-15-8-17-16-12/h3-5,8,14H,2,7H2,1H3. The first-order valence-corrected chi connectivity index (χ1v) is 6.48. The molecule has 2 aromatic rings. The zero-order chi connectivity index (χ0) is 12.8. The van der Waals surface area contributed by atoms with Crippen LogP contribution in [0.25, 0.3) is 0 Å². The van der Waals surface area contributed by atoms with Crippen LogP contribution in [0.15, 0.2) is 34.0 Å². The Morgan fingerprint density at radius 3 is 3.06 bits per heavy atom. The Kier molecular flexibility index (Phi) is 4.20. The summed E-state index contributed by atoms with van der Waals surface area (Å²) in [6.07, 6.45) is 1.28. The van der Waals surface area contributed by atoms with Crippen molar-refractivity contribution in [2.24, 2.45) is 0 Å². The molecule has 0 radical (unpaired) electrons. The van der Waals surface area contributed by atoms with Crippen LogP contribution in [0.4, 0.5) is 5.69 Å². The Labute approximate surface area is 109 Å². The summed E-state index contributed by atoms with van der Waals surface area (Å²) < 4.78 is 4.65. The SMILES string of the molecule is CCSc1cccc(NCc2ncon2)c1C#N. The van der Waals surface area contributed by atoms with E-state index in [1.54, 1.807) is 11.8 Å². The van der Waals surface area contributed by atoms with Gasteiger partial charge in [-0.15, -0.1) is 11.8 Å². The molecule has 1 aromatic heterocycles. The van der Waals surface area contributed by atoms with E-state index in [4.69, 9.17) is 0 Å². The van der Waals surface area contributed by atoms with Gasteiger partial charge in [-0.1, -0.05) is 18.1 Å². The minimum Gasteiger partial charge on any atom is -0.377 e. The molecule has 0 amide bonds. The Bertz CT molecular complexity index is 548. The second-order valence-electron chi connectivity index (χ2n) is 3.42. The van der Waals surface area contributed by atoms with Crippen molar-refractivity contribution in [3.8, 4) is 6.07 Å². The lowest BCUT2D eigenvalue weighted by atomic mass is 10.2. The van der Waals surface area contributed by atoms with E-state index in [9.17, 15) is 5.26 Å². The molecular formula is C12H12N4OS. The predicted octanol–water partition coefficient (Wildman–Crippen LogP) is 2.67. The molecule has 0 bridgehead atoms. The van der Waals surface area contributed by atoms with Crippen LogP contribution in [0.1, 0.15) is 18.3 Å². The zero-order valence-corrected chi connectivity index (χ0v) is 10.7. The van der Waals surface area contributed by atoms with Gasteiger partial charge in [-0.3, -0.25) is 0 Å². The van der Waals surface area contributed by atoms with E-state index in [0.717, 1.165) is 16.3 Å². The fourth-order valence-corrected chi connectivity index (χ4v) is 2.30. The van der Waals surface area contributed by atoms with E-state index >= 15 is 0 Å². The number of nitriles is 1. The average molecular weight is 260 g/mol. The highest BCUT2D eigenvalue weighted by Gasteiger charge is 2.08. The molecule has 0 fully saturated rings. The van der Waals surface area contributed by atoms with Crippen molar-refractivity contribution >= 4 is 17.4 Å².